The van der Waals surface area contributed by atoms with Crippen molar-refractivity contribution in [3.63, 3.8) is 0 Å². The average Bonchev–Trinajstić information content (AvgIpc) is 3.18. The molecule has 0 saturated heterocycles. The van der Waals surface area contributed by atoms with Crippen LogP contribution in [-0.4, -0.2) is 20.2 Å². The van der Waals surface area contributed by atoms with Crippen LogP contribution in [0.5, 0.6) is 0 Å². The molecule has 3 aromatic heterocycles. The van der Waals surface area contributed by atoms with Crippen LogP contribution in [-0.2, 0) is 6.54 Å². The first-order valence-electron chi connectivity index (χ1n) is 8.19. The minimum Gasteiger partial charge on any atom is -0.364 e. The molecule has 0 fully saturated rings. The van der Waals surface area contributed by atoms with E-state index >= 15 is 0 Å². The van der Waals surface area contributed by atoms with Crippen LogP contribution in [0.3, 0.4) is 0 Å². The van der Waals surface area contributed by atoms with Crippen LogP contribution in [0.25, 0.3) is 22.4 Å². The highest BCUT2D eigenvalue weighted by molar-refractivity contribution is 5.81. The lowest BCUT2D eigenvalue weighted by Crippen LogP contribution is -2.02. The van der Waals surface area contributed by atoms with E-state index < -0.39 is 0 Å². The molecule has 0 aliphatic carbocycles. The molecule has 128 valence electrons. The Labute approximate surface area is 150 Å². The Bertz CT molecular complexity index is 996. The molecule has 0 unspecified atom stereocenters. The molecule has 0 atom stereocenters. The normalized spacial score (nSPS) is 10.7. The van der Waals surface area contributed by atoms with Gasteiger partial charge >= 0.3 is 0 Å². The van der Waals surface area contributed by atoms with Crippen molar-refractivity contribution < 1.29 is 4.39 Å². The zero-order valence-electron chi connectivity index (χ0n) is 13.9. The zero-order chi connectivity index (χ0) is 17.8. The summed E-state index contributed by atoms with van der Waals surface area (Å²) in [5, 5.41) is 10.4. The van der Waals surface area contributed by atoms with Crippen LogP contribution in [0.15, 0.2) is 73.2 Å². The predicted molar refractivity (Wildman–Crippen MR) is 98.8 cm³/mol. The number of hydrogen-bond acceptors (Lipinski definition) is 4. The highest BCUT2D eigenvalue weighted by Crippen LogP contribution is 2.30. The maximum atomic E-state index is 13.2. The van der Waals surface area contributed by atoms with Crippen molar-refractivity contribution in [1.82, 2.24) is 20.2 Å². The van der Waals surface area contributed by atoms with E-state index in [1.54, 1.807) is 30.7 Å². The minimum absolute atomic E-state index is 0.264. The van der Waals surface area contributed by atoms with Gasteiger partial charge in [0.25, 0.3) is 0 Å². The van der Waals surface area contributed by atoms with Crippen molar-refractivity contribution in [2.24, 2.45) is 0 Å². The van der Waals surface area contributed by atoms with Crippen LogP contribution in [0.2, 0.25) is 0 Å². The first-order chi connectivity index (χ1) is 12.8. The summed E-state index contributed by atoms with van der Waals surface area (Å²) in [6, 6.07) is 16.0. The molecule has 5 nitrogen and oxygen atoms in total. The van der Waals surface area contributed by atoms with Crippen LogP contribution in [0.1, 0.15) is 5.69 Å². The number of pyridine rings is 2. The quantitative estimate of drug-likeness (QED) is 0.566. The maximum absolute atomic E-state index is 13.2. The first-order valence-corrected chi connectivity index (χ1v) is 8.19. The molecule has 6 heteroatoms. The van der Waals surface area contributed by atoms with Crippen molar-refractivity contribution in [1.29, 1.82) is 0 Å². The summed E-state index contributed by atoms with van der Waals surface area (Å²) in [7, 11) is 0. The second-order valence-corrected chi connectivity index (χ2v) is 5.77. The van der Waals surface area contributed by atoms with Crippen LogP contribution >= 0.6 is 0 Å². The molecular weight excluding hydrogens is 329 g/mol. The van der Waals surface area contributed by atoms with Gasteiger partial charge in [-0.25, -0.2) is 9.37 Å². The number of aromatic nitrogens is 4. The van der Waals surface area contributed by atoms with E-state index in [9.17, 15) is 4.39 Å². The van der Waals surface area contributed by atoms with Crippen LogP contribution in [0.4, 0.5) is 10.2 Å². The van der Waals surface area contributed by atoms with Gasteiger partial charge in [0, 0.05) is 23.5 Å². The van der Waals surface area contributed by atoms with Gasteiger partial charge in [0.1, 0.15) is 11.6 Å². The molecule has 0 aliphatic rings. The Morgan fingerprint density at radius 1 is 0.923 bits per heavy atom. The van der Waals surface area contributed by atoms with Gasteiger partial charge in [-0.2, -0.15) is 5.10 Å². The van der Waals surface area contributed by atoms with Gasteiger partial charge in [0.2, 0.25) is 0 Å². The van der Waals surface area contributed by atoms with Gasteiger partial charge in [-0.3, -0.25) is 10.1 Å². The lowest BCUT2D eigenvalue weighted by atomic mass is 10.0. The Kier molecular flexibility index (Phi) is 4.38. The summed E-state index contributed by atoms with van der Waals surface area (Å²) in [6.45, 7) is 0.591. The number of nitrogens with zero attached hydrogens (tertiary/aromatic N) is 3. The predicted octanol–water partition coefficient (Wildman–Crippen LogP) is 4.28. The van der Waals surface area contributed by atoms with E-state index in [1.807, 2.05) is 30.3 Å². The number of H-pyrrole nitrogens is 1. The van der Waals surface area contributed by atoms with Crippen LogP contribution < -0.4 is 5.32 Å². The van der Waals surface area contributed by atoms with E-state index in [0.29, 0.717) is 6.54 Å². The standard InChI is InChI=1S/C20H16FN5/c21-16-6-4-14(5-7-16)20-18(13-25-26-20)15-8-10-23-19(11-15)24-12-17-3-1-2-9-22-17/h1-11,13H,12H2,(H,23,24)(H,25,26). The Hall–Kier alpha value is -3.54. The highest BCUT2D eigenvalue weighted by atomic mass is 19.1. The molecule has 0 spiro atoms. The van der Waals surface area contributed by atoms with Gasteiger partial charge in [0.05, 0.1) is 24.1 Å². The summed E-state index contributed by atoms with van der Waals surface area (Å²) in [6.07, 6.45) is 5.27. The van der Waals surface area contributed by atoms with Crippen molar-refractivity contribution >= 4 is 5.82 Å². The van der Waals surface area contributed by atoms with Crippen LogP contribution in [0, 0.1) is 5.82 Å². The molecular formula is C20H16FN5. The van der Waals surface area contributed by atoms with Gasteiger partial charge in [-0.1, -0.05) is 6.07 Å². The van der Waals surface area contributed by atoms with Crippen molar-refractivity contribution in [3.8, 4) is 22.4 Å². The lowest BCUT2D eigenvalue weighted by Gasteiger charge is -2.08. The molecule has 2 N–H and O–H groups in total. The number of hydrogen-bond donors (Lipinski definition) is 2. The Morgan fingerprint density at radius 2 is 1.81 bits per heavy atom. The van der Waals surface area contributed by atoms with E-state index in [0.717, 1.165) is 33.9 Å². The number of aromatic amines is 1. The zero-order valence-corrected chi connectivity index (χ0v) is 13.9. The van der Waals surface area contributed by atoms with Crippen molar-refractivity contribution in [2.75, 3.05) is 5.32 Å². The number of benzene rings is 1. The average molecular weight is 345 g/mol. The number of nitrogens with one attached hydrogen (secondary N) is 2. The fraction of sp³-hybridized carbons (Fsp3) is 0.0500. The molecule has 26 heavy (non-hydrogen) atoms. The molecule has 0 aliphatic heterocycles. The summed E-state index contributed by atoms with van der Waals surface area (Å²) in [5.74, 6) is 0.485. The molecule has 0 radical (unpaired) electrons. The number of rotatable bonds is 5. The summed E-state index contributed by atoms with van der Waals surface area (Å²) < 4.78 is 13.2. The monoisotopic (exact) mass is 345 g/mol. The second kappa shape index (κ2) is 7.14. The fourth-order valence-corrected chi connectivity index (χ4v) is 2.72. The fourth-order valence-electron chi connectivity index (χ4n) is 2.72. The molecule has 0 saturated carbocycles. The largest absolute Gasteiger partial charge is 0.364 e. The highest BCUT2D eigenvalue weighted by Gasteiger charge is 2.11. The third-order valence-corrected chi connectivity index (χ3v) is 4.02. The van der Waals surface area contributed by atoms with E-state index in [-0.39, 0.29) is 5.82 Å². The molecule has 3 heterocycles. The van der Waals surface area contributed by atoms with Crippen molar-refractivity contribution in [3.05, 3.63) is 84.7 Å². The minimum atomic E-state index is -0.264. The Balaban J connectivity index is 1.59. The van der Waals surface area contributed by atoms with Crippen molar-refractivity contribution in [2.45, 2.75) is 6.54 Å². The number of anilines is 1. The van der Waals surface area contributed by atoms with Gasteiger partial charge in [0.15, 0.2) is 0 Å². The van der Waals surface area contributed by atoms with E-state index in [1.165, 1.54) is 12.1 Å². The molecule has 4 rings (SSSR count). The first kappa shape index (κ1) is 16.0. The topological polar surface area (TPSA) is 66.5 Å². The summed E-state index contributed by atoms with van der Waals surface area (Å²) >= 11 is 0. The summed E-state index contributed by atoms with van der Waals surface area (Å²) in [4.78, 5) is 8.65. The lowest BCUT2D eigenvalue weighted by molar-refractivity contribution is 0.628. The van der Waals surface area contributed by atoms with Gasteiger partial charge in [-0.05, 0) is 54.1 Å². The molecule has 0 amide bonds. The smallest absolute Gasteiger partial charge is 0.126 e. The third-order valence-electron chi connectivity index (χ3n) is 4.02. The number of halogens is 1. The van der Waals surface area contributed by atoms with E-state index in [2.05, 4.69) is 25.5 Å². The molecule has 0 bridgehead atoms. The maximum Gasteiger partial charge on any atom is 0.126 e. The molecule has 1 aromatic carbocycles. The summed E-state index contributed by atoms with van der Waals surface area (Å²) in [5.41, 5.74) is 4.55. The third kappa shape index (κ3) is 3.44. The second-order valence-electron chi connectivity index (χ2n) is 5.77. The van der Waals surface area contributed by atoms with Gasteiger partial charge in [-0.15, -0.1) is 0 Å². The molecule has 4 aromatic rings. The van der Waals surface area contributed by atoms with E-state index in [4.69, 9.17) is 0 Å². The SMILES string of the molecule is Fc1ccc(-c2[nH]ncc2-c2ccnc(NCc3ccccn3)c2)cc1. The van der Waals surface area contributed by atoms with Gasteiger partial charge < -0.3 is 5.32 Å². The Morgan fingerprint density at radius 3 is 2.62 bits per heavy atom.